The van der Waals surface area contributed by atoms with Crippen molar-refractivity contribution in [3.63, 3.8) is 0 Å². The van der Waals surface area contributed by atoms with Crippen LogP contribution in [0.4, 0.5) is 5.69 Å². The summed E-state index contributed by atoms with van der Waals surface area (Å²) in [6.45, 7) is 3.82. The summed E-state index contributed by atoms with van der Waals surface area (Å²) in [6.07, 6.45) is 3.91. The van der Waals surface area contributed by atoms with E-state index >= 15 is 0 Å². The molecule has 0 bridgehead atoms. The third-order valence-corrected chi connectivity index (χ3v) is 5.50. The second kappa shape index (κ2) is 9.60. The number of benzene rings is 2. The Kier molecular flexibility index (Phi) is 6.93. The first-order chi connectivity index (χ1) is 13.2. The van der Waals surface area contributed by atoms with E-state index < -0.39 is 0 Å². The van der Waals surface area contributed by atoms with Crippen LogP contribution < -0.4 is 15.0 Å². The van der Waals surface area contributed by atoms with Gasteiger partial charge in [0.1, 0.15) is 5.75 Å². The number of methoxy groups -OCH3 is 1. The molecule has 144 valence electrons. The van der Waals surface area contributed by atoms with Crippen LogP contribution in [-0.2, 0) is 13.1 Å². The summed E-state index contributed by atoms with van der Waals surface area (Å²) in [4.78, 5) is 4.63. The van der Waals surface area contributed by atoms with E-state index in [-0.39, 0.29) is 0 Å². The number of hydrogen-bond acceptors (Lipinski definition) is 3. The number of nitrogens with zero attached hydrogens (tertiary/aromatic N) is 2. The van der Waals surface area contributed by atoms with Crippen molar-refractivity contribution in [3.05, 3.63) is 59.7 Å². The molecular formula is C22H29N3OS. The van der Waals surface area contributed by atoms with Gasteiger partial charge >= 0.3 is 0 Å². The lowest BCUT2D eigenvalue weighted by Crippen LogP contribution is -2.37. The fraction of sp³-hybridized carbons (Fsp3) is 0.409. The van der Waals surface area contributed by atoms with Gasteiger partial charge in [0.05, 0.1) is 7.11 Å². The predicted molar refractivity (Wildman–Crippen MR) is 116 cm³/mol. The largest absolute Gasteiger partial charge is 0.497 e. The van der Waals surface area contributed by atoms with Crippen molar-refractivity contribution in [3.8, 4) is 5.75 Å². The van der Waals surface area contributed by atoms with Crippen LogP contribution in [0.3, 0.4) is 0 Å². The maximum atomic E-state index is 5.60. The summed E-state index contributed by atoms with van der Waals surface area (Å²) in [6, 6.07) is 16.8. The lowest BCUT2D eigenvalue weighted by molar-refractivity contribution is 0.414. The second-order valence-corrected chi connectivity index (χ2v) is 7.43. The van der Waals surface area contributed by atoms with Crippen molar-refractivity contribution in [2.24, 2.45) is 0 Å². The smallest absolute Gasteiger partial charge is 0.169 e. The first kappa shape index (κ1) is 19.5. The molecule has 27 heavy (non-hydrogen) atoms. The summed E-state index contributed by atoms with van der Waals surface area (Å²) < 4.78 is 5.20. The van der Waals surface area contributed by atoms with Gasteiger partial charge in [0.2, 0.25) is 0 Å². The molecule has 1 aliphatic rings. The van der Waals surface area contributed by atoms with Gasteiger partial charge in [0.25, 0.3) is 0 Å². The molecule has 0 amide bonds. The molecule has 2 aromatic carbocycles. The van der Waals surface area contributed by atoms with E-state index in [4.69, 9.17) is 17.0 Å². The second-order valence-electron chi connectivity index (χ2n) is 7.04. The van der Waals surface area contributed by atoms with E-state index in [0.29, 0.717) is 6.54 Å². The van der Waals surface area contributed by atoms with Gasteiger partial charge in [-0.25, -0.2) is 0 Å². The van der Waals surface area contributed by atoms with Crippen LogP contribution in [0.5, 0.6) is 5.75 Å². The number of anilines is 1. The van der Waals surface area contributed by atoms with Gasteiger partial charge in [-0.1, -0.05) is 30.3 Å². The van der Waals surface area contributed by atoms with Crippen molar-refractivity contribution in [2.45, 2.75) is 32.4 Å². The Hall–Kier alpha value is -2.27. The Morgan fingerprint density at radius 3 is 2.48 bits per heavy atom. The molecule has 0 aromatic heterocycles. The van der Waals surface area contributed by atoms with Crippen molar-refractivity contribution in [2.75, 3.05) is 32.1 Å². The fourth-order valence-electron chi connectivity index (χ4n) is 3.47. The third-order valence-electron chi connectivity index (χ3n) is 5.05. The Bertz CT molecular complexity index is 741. The van der Waals surface area contributed by atoms with E-state index in [1.807, 2.05) is 12.1 Å². The lowest BCUT2D eigenvalue weighted by Gasteiger charge is -2.32. The minimum atomic E-state index is 0.709. The molecule has 0 spiro atoms. The maximum absolute atomic E-state index is 5.60. The number of piperidine rings is 1. The van der Waals surface area contributed by atoms with E-state index in [1.165, 1.54) is 36.1 Å². The lowest BCUT2D eigenvalue weighted by atomic mass is 10.1. The summed E-state index contributed by atoms with van der Waals surface area (Å²) >= 11 is 5.60. The minimum Gasteiger partial charge on any atom is -0.497 e. The monoisotopic (exact) mass is 383 g/mol. The van der Waals surface area contributed by atoms with E-state index in [9.17, 15) is 0 Å². The quantitative estimate of drug-likeness (QED) is 0.755. The van der Waals surface area contributed by atoms with Gasteiger partial charge in [0.15, 0.2) is 5.11 Å². The molecule has 1 aliphatic heterocycles. The minimum absolute atomic E-state index is 0.709. The van der Waals surface area contributed by atoms with Gasteiger partial charge in [0, 0.05) is 38.9 Å². The summed E-state index contributed by atoms with van der Waals surface area (Å²) in [7, 11) is 3.73. The molecule has 0 saturated carbocycles. The molecular weight excluding hydrogens is 354 g/mol. The zero-order chi connectivity index (χ0) is 19.1. The normalized spacial score (nSPS) is 13.9. The van der Waals surface area contributed by atoms with Gasteiger partial charge < -0.3 is 19.9 Å². The first-order valence-corrected chi connectivity index (χ1v) is 10.0. The van der Waals surface area contributed by atoms with Crippen LogP contribution in [0.2, 0.25) is 0 Å². The highest BCUT2D eigenvalue weighted by molar-refractivity contribution is 7.80. The first-order valence-electron chi connectivity index (χ1n) is 9.62. The predicted octanol–water partition coefficient (Wildman–Crippen LogP) is 4.19. The molecule has 1 fully saturated rings. The van der Waals surface area contributed by atoms with Crippen LogP contribution in [0.25, 0.3) is 0 Å². The topological polar surface area (TPSA) is 27.7 Å². The van der Waals surface area contributed by atoms with Gasteiger partial charge in [-0.05, 0) is 60.8 Å². The SMILES string of the molecule is COc1ccc(CNC(=S)N(C)Cc2ccccc2N2CCCCC2)cc1. The molecule has 5 heteroatoms. The molecule has 3 rings (SSSR count). The zero-order valence-electron chi connectivity index (χ0n) is 16.3. The summed E-state index contributed by atoms with van der Waals surface area (Å²) in [5.41, 5.74) is 3.86. The molecule has 0 aliphatic carbocycles. The van der Waals surface area contributed by atoms with E-state index in [2.05, 4.69) is 58.6 Å². The highest BCUT2D eigenvalue weighted by Gasteiger charge is 2.15. The van der Waals surface area contributed by atoms with Crippen LogP contribution in [0, 0.1) is 0 Å². The van der Waals surface area contributed by atoms with Crippen LogP contribution >= 0.6 is 12.2 Å². The standard InChI is InChI=1S/C22H29N3OS/c1-24(22(27)23-16-18-10-12-20(26-2)13-11-18)17-19-8-4-5-9-21(19)25-14-6-3-7-15-25/h4-5,8-13H,3,6-7,14-17H2,1-2H3,(H,23,27). The number of para-hydroxylation sites is 1. The maximum Gasteiger partial charge on any atom is 0.169 e. The van der Waals surface area contributed by atoms with Gasteiger partial charge in [-0.3, -0.25) is 0 Å². The molecule has 4 nitrogen and oxygen atoms in total. The Morgan fingerprint density at radius 2 is 1.78 bits per heavy atom. The number of nitrogens with one attached hydrogen (secondary N) is 1. The van der Waals surface area contributed by atoms with Crippen LogP contribution in [0.15, 0.2) is 48.5 Å². The molecule has 1 N–H and O–H groups in total. The van der Waals surface area contributed by atoms with Crippen molar-refractivity contribution >= 4 is 23.0 Å². The van der Waals surface area contributed by atoms with Crippen LogP contribution in [0.1, 0.15) is 30.4 Å². The van der Waals surface area contributed by atoms with Crippen LogP contribution in [-0.4, -0.2) is 37.3 Å². The summed E-state index contributed by atoms with van der Waals surface area (Å²) in [5.74, 6) is 0.868. The zero-order valence-corrected chi connectivity index (χ0v) is 17.1. The van der Waals surface area contributed by atoms with E-state index in [0.717, 1.165) is 30.5 Å². The average molecular weight is 384 g/mol. The molecule has 0 radical (unpaired) electrons. The number of thiocarbonyl (C=S) groups is 1. The molecule has 2 aromatic rings. The highest BCUT2D eigenvalue weighted by Crippen LogP contribution is 2.25. The van der Waals surface area contributed by atoms with Gasteiger partial charge in [-0.2, -0.15) is 0 Å². The van der Waals surface area contributed by atoms with E-state index in [1.54, 1.807) is 7.11 Å². The fourth-order valence-corrected chi connectivity index (χ4v) is 3.61. The molecule has 1 saturated heterocycles. The van der Waals surface area contributed by atoms with Crippen molar-refractivity contribution in [1.82, 2.24) is 10.2 Å². The number of hydrogen-bond donors (Lipinski definition) is 1. The Labute approximate surface area is 168 Å². The summed E-state index contributed by atoms with van der Waals surface area (Å²) in [5, 5.41) is 4.12. The van der Waals surface area contributed by atoms with Crippen molar-refractivity contribution < 1.29 is 4.74 Å². The third kappa shape index (κ3) is 5.36. The Balaban J connectivity index is 1.57. The van der Waals surface area contributed by atoms with Crippen molar-refractivity contribution in [1.29, 1.82) is 0 Å². The molecule has 0 unspecified atom stereocenters. The number of ether oxygens (including phenoxy) is 1. The number of rotatable bonds is 6. The molecule has 1 heterocycles. The van der Waals surface area contributed by atoms with Gasteiger partial charge in [-0.15, -0.1) is 0 Å². The average Bonchev–Trinajstić information content (AvgIpc) is 2.73. The Morgan fingerprint density at radius 1 is 1.07 bits per heavy atom. The highest BCUT2D eigenvalue weighted by atomic mass is 32.1. The molecule has 0 atom stereocenters.